The molecule has 0 aliphatic heterocycles. The predicted molar refractivity (Wildman–Crippen MR) is 106 cm³/mol. The van der Waals surface area contributed by atoms with E-state index in [4.69, 9.17) is 5.73 Å². The third-order valence-electron chi connectivity index (χ3n) is 4.37. The first-order valence-electron chi connectivity index (χ1n) is 8.66. The van der Waals surface area contributed by atoms with Crippen LogP contribution in [0.3, 0.4) is 0 Å². The molecule has 2 aromatic heterocycles. The number of rotatable bonds is 7. The van der Waals surface area contributed by atoms with Gasteiger partial charge >= 0.3 is 0 Å². The molecule has 0 saturated heterocycles. The summed E-state index contributed by atoms with van der Waals surface area (Å²) in [6.45, 7) is 3.13. The topological polar surface area (TPSA) is 153 Å². The third-order valence-corrected chi connectivity index (χ3v) is 5.36. The van der Waals surface area contributed by atoms with Crippen molar-refractivity contribution in [1.29, 1.82) is 0 Å². The van der Waals surface area contributed by atoms with Crippen LogP contribution in [0.2, 0.25) is 0 Å². The number of carbonyl (C=O) groups excluding carboxylic acids is 2. The highest BCUT2D eigenvalue weighted by Crippen LogP contribution is 2.17. The maximum absolute atomic E-state index is 12.7. The van der Waals surface area contributed by atoms with Crippen LogP contribution < -0.4 is 11.3 Å². The van der Waals surface area contributed by atoms with E-state index in [0.717, 1.165) is 10.8 Å². The number of amides is 2. The summed E-state index contributed by atoms with van der Waals surface area (Å²) < 4.78 is 24.6. The van der Waals surface area contributed by atoms with E-state index in [-0.39, 0.29) is 34.8 Å². The number of carbonyl (C=O) groups is 2. The molecular formula is C18H24N4O6S. The monoisotopic (exact) mass is 424 g/mol. The van der Waals surface area contributed by atoms with Crippen LogP contribution in [0.25, 0.3) is 11.0 Å². The zero-order valence-electron chi connectivity index (χ0n) is 16.7. The molecule has 0 aromatic carbocycles. The van der Waals surface area contributed by atoms with Gasteiger partial charge in [0.05, 0.1) is 0 Å². The summed E-state index contributed by atoms with van der Waals surface area (Å²) in [6.07, 6.45) is 0.970. The molecule has 2 amide bonds. The minimum atomic E-state index is -3.66. The van der Waals surface area contributed by atoms with Crippen LogP contribution >= 0.6 is 0 Å². The Labute approximate surface area is 167 Å². The van der Waals surface area contributed by atoms with Crippen molar-refractivity contribution >= 4 is 32.7 Å². The van der Waals surface area contributed by atoms with Gasteiger partial charge in [-0.15, -0.1) is 0 Å². The van der Waals surface area contributed by atoms with Gasteiger partial charge in [-0.05, 0) is 18.2 Å². The number of likely N-dealkylation sites (N-methyl/N-ethyl adjacent to an activating group) is 1. The summed E-state index contributed by atoms with van der Waals surface area (Å²) in [5, 5.41) is 9.41. The fourth-order valence-electron chi connectivity index (χ4n) is 2.80. The second kappa shape index (κ2) is 7.91. The van der Waals surface area contributed by atoms with Gasteiger partial charge in [0, 0.05) is 37.3 Å². The molecule has 0 aliphatic carbocycles. The van der Waals surface area contributed by atoms with Gasteiger partial charge in [0.2, 0.25) is 5.91 Å². The molecule has 0 atom stereocenters. The number of pyridine rings is 2. The minimum Gasteiger partial charge on any atom is -0.396 e. The van der Waals surface area contributed by atoms with Crippen molar-refractivity contribution in [3.63, 3.8) is 0 Å². The van der Waals surface area contributed by atoms with Crippen LogP contribution in [0.15, 0.2) is 28.0 Å². The van der Waals surface area contributed by atoms with Gasteiger partial charge in [0.25, 0.3) is 11.5 Å². The van der Waals surface area contributed by atoms with Crippen LogP contribution in [-0.2, 0) is 21.2 Å². The SMILES string of the molecule is CN(CC(C)(C)CO)C(=O)Cn1c(=O)c(C(N)=O)cc2ccc(S(C)(=O)=O)nc21. The molecule has 2 heterocycles. The second-order valence-electron chi connectivity index (χ2n) is 7.72. The highest BCUT2D eigenvalue weighted by Gasteiger charge is 2.24. The average Bonchev–Trinajstić information content (AvgIpc) is 2.61. The lowest BCUT2D eigenvalue weighted by Gasteiger charge is -2.28. The molecule has 0 aliphatic rings. The number of nitrogens with zero attached hydrogens (tertiary/aromatic N) is 3. The number of nitrogens with two attached hydrogens (primary N) is 1. The summed E-state index contributed by atoms with van der Waals surface area (Å²) in [4.78, 5) is 42.5. The van der Waals surface area contributed by atoms with Crippen LogP contribution in [-0.4, -0.2) is 66.2 Å². The Morgan fingerprint density at radius 2 is 1.93 bits per heavy atom. The first-order valence-corrected chi connectivity index (χ1v) is 10.6. The molecule has 11 heteroatoms. The molecule has 0 radical (unpaired) electrons. The Bertz CT molecular complexity index is 1140. The van der Waals surface area contributed by atoms with Crippen molar-refractivity contribution in [3.8, 4) is 0 Å². The van der Waals surface area contributed by atoms with Gasteiger partial charge in [-0.2, -0.15) is 0 Å². The van der Waals surface area contributed by atoms with Gasteiger partial charge in [-0.25, -0.2) is 13.4 Å². The number of sulfone groups is 1. The maximum atomic E-state index is 12.7. The summed E-state index contributed by atoms with van der Waals surface area (Å²) >= 11 is 0. The number of aliphatic hydroxyl groups is 1. The number of hydrogen-bond donors (Lipinski definition) is 2. The molecule has 0 unspecified atom stereocenters. The minimum absolute atomic E-state index is 0.0499. The quantitative estimate of drug-likeness (QED) is 0.600. The van der Waals surface area contributed by atoms with Crippen molar-refractivity contribution in [3.05, 3.63) is 34.1 Å². The number of hydrogen-bond acceptors (Lipinski definition) is 7. The van der Waals surface area contributed by atoms with Gasteiger partial charge in [0.1, 0.15) is 17.8 Å². The largest absolute Gasteiger partial charge is 0.396 e. The van der Waals surface area contributed by atoms with Crippen molar-refractivity contribution in [2.24, 2.45) is 11.1 Å². The van der Waals surface area contributed by atoms with E-state index >= 15 is 0 Å². The molecule has 0 bridgehead atoms. The van der Waals surface area contributed by atoms with Crippen LogP contribution in [0.4, 0.5) is 0 Å². The third kappa shape index (κ3) is 4.98. The Kier molecular flexibility index (Phi) is 6.14. The molecule has 2 rings (SSSR count). The predicted octanol–water partition coefficient (Wildman–Crippen LogP) is -0.624. The second-order valence-corrected chi connectivity index (χ2v) is 9.68. The standard InChI is InChI=1S/C18H24N4O6S/c1-18(2,10-23)9-21(3)14(24)8-22-16-11(7-12(15(19)25)17(22)26)5-6-13(20-16)29(4,27)28/h5-7,23H,8-10H2,1-4H3,(H2,19,25). The maximum Gasteiger partial charge on any atom is 0.265 e. The summed E-state index contributed by atoms with van der Waals surface area (Å²) in [5.41, 5.74) is 3.49. The van der Waals surface area contributed by atoms with Gasteiger partial charge in [0.15, 0.2) is 14.9 Å². The summed E-state index contributed by atoms with van der Waals surface area (Å²) in [6, 6.07) is 3.86. The van der Waals surface area contributed by atoms with Crippen LogP contribution in [0, 0.1) is 5.41 Å². The molecule has 29 heavy (non-hydrogen) atoms. The van der Waals surface area contributed by atoms with Crippen molar-refractivity contribution < 1.29 is 23.1 Å². The summed E-state index contributed by atoms with van der Waals surface area (Å²) in [7, 11) is -2.15. The van der Waals surface area contributed by atoms with E-state index in [1.165, 1.54) is 30.1 Å². The summed E-state index contributed by atoms with van der Waals surface area (Å²) in [5.74, 6) is -1.46. The van der Waals surface area contributed by atoms with E-state index in [2.05, 4.69) is 4.98 Å². The molecule has 158 valence electrons. The molecule has 10 nitrogen and oxygen atoms in total. The fourth-order valence-corrected chi connectivity index (χ4v) is 3.36. The number of aromatic nitrogens is 2. The van der Waals surface area contributed by atoms with E-state index < -0.39 is 39.2 Å². The normalized spacial score (nSPS) is 12.2. The van der Waals surface area contributed by atoms with E-state index in [1.807, 2.05) is 0 Å². The molecule has 3 N–H and O–H groups in total. The van der Waals surface area contributed by atoms with E-state index in [1.54, 1.807) is 13.8 Å². The Balaban J connectivity index is 2.62. The lowest BCUT2D eigenvalue weighted by Crippen LogP contribution is -2.41. The molecule has 0 spiro atoms. The van der Waals surface area contributed by atoms with Crippen molar-refractivity contribution in [2.45, 2.75) is 25.4 Å². The molecule has 2 aromatic rings. The Hall–Kier alpha value is -2.79. The van der Waals surface area contributed by atoms with Gasteiger partial charge in [-0.3, -0.25) is 19.0 Å². The lowest BCUT2D eigenvalue weighted by atomic mass is 9.94. The van der Waals surface area contributed by atoms with Crippen molar-refractivity contribution in [2.75, 3.05) is 26.5 Å². The van der Waals surface area contributed by atoms with Gasteiger partial charge < -0.3 is 15.7 Å². The highest BCUT2D eigenvalue weighted by molar-refractivity contribution is 7.90. The zero-order valence-corrected chi connectivity index (χ0v) is 17.5. The average molecular weight is 424 g/mol. The molecule has 0 fully saturated rings. The molecule has 0 saturated carbocycles. The molecular weight excluding hydrogens is 400 g/mol. The van der Waals surface area contributed by atoms with E-state index in [9.17, 15) is 27.9 Å². The number of primary amides is 1. The fraction of sp³-hybridized carbons (Fsp3) is 0.444. The Morgan fingerprint density at radius 1 is 1.31 bits per heavy atom. The van der Waals surface area contributed by atoms with Crippen LogP contribution in [0.5, 0.6) is 0 Å². The number of aliphatic hydroxyl groups excluding tert-OH is 1. The highest BCUT2D eigenvalue weighted by atomic mass is 32.2. The Morgan fingerprint density at radius 3 is 2.45 bits per heavy atom. The lowest BCUT2D eigenvalue weighted by molar-refractivity contribution is -0.132. The van der Waals surface area contributed by atoms with Crippen molar-refractivity contribution in [1.82, 2.24) is 14.5 Å². The first-order chi connectivity index (χ1) is 13.3. The zero-order chi connectivity index (χ0) is 22.1. The number of fused-ring (bicyclic) bond motifs is 1. The van der Waals surface area contributed by atoms with Gasteiger partial charge in [-0.1, -0.05) is 13.8 Å². The smallest absolute Gasteiger partial charge is 0.265 e. The van der Waals surface area contributed by atoms with E-state index in [0.29, 0.717) is 0 Å². The first kappa shape index (κ1) is 22.5. The van der Waals surface area contributed by atoms with Crippen LogP contribution in [0.1, 0.15) is 24.2 Å².